The van der Waals surface area contributed by atoms with Crippen LogP contribution < -0.4 is 10.1 Å². The molecule has 19 heavy (non-hydrogen) atoms. The van der Waals surface area contributed by atoms with Gasteiger partial charge in [0.1, 0.15) is 17.3 Å². The number of hydrogen-bond donors (Lipinski definition) is 1. The van der Waals surface area contributed by atoms with Crippen LogP contribution in [0, 0.1) is 6.92 Å². The van der Waals surface area contributed by atoms with Crippen molar-refractivity contribution in [2.24, 2.45) is 0 Å². The van der Waals surface area contributed by atoms with Crippen molar-refractivity contribution in [3.05, 3.63) is 52.4 Å². The number of aryl methyl sites for hydroxylation is 1. The van der Waals surface area contributed by atoms with Crippen molar-refractivity contribution in [2.75, 3.05) is 13.7 Å². The monoisotopic (exact) mass is 279 g/mol. The van der Waals surface area contributed by atoms with Crippen LogP contribution in [0.3, 0.4) is 0 Å². The molecule has 0 aliphatic rings. The van der Waals surface area contributed by atoms with Crippen LogP contribution in [0.4, 0.5) is 0 Å². The van der Waals surface area contributed by atoms with E-state index in [0.29, 0.717) is 5.02 Å². The van der Waals surface area contributed by atoms with Crippen molar-refractivity contribution in [3.63, 3.8) is 0 Å². The second kappa shape index (κ2) is 6.13. The first kappa shape index (κ1) is 14.0. The van der Waals surface area contributed by atoms with Crippen LogP contribution in [-0.4, -0.2) is 13.7 Å². The molecule has 1 aromatic heterocycles. The smallest absolute Gasteiger partial charge is 0.125 e. The van der Waals surface area contributed by atoms with E-state index in [-0.39, 0.29) is 6.04 Å². The zero-order valence-corrected chi connectivity index (χ0v) is 12.1. The molecule has 4 heteroatoms. The Morgan fingerprint density at radius 1 is 1.32 bits per heavy atom. The SMILES string of the molecule is CCNC(c1ccc(C)o1)c1ccc(OC)cc1Cl. The van der Waals surface area contributed by atoms with Crippen LogP contribution in [0.25, 0.3) is 0 Å². The summed E-state index contributed by atoms with van der Waals surface area (Å²) in [7, 11) is 1.63. The molecule has 0 bridgehead atoms. The van der Waals surface area contributed by atoms with Crippen LogP contribution in [-0.2, 0) is 0 Å². The summed E-state index contributed by atoms with van der Waals surface area (Å²) in [5, 5.41) is 4.05. The molecule has 0 saturated carbocycles. The van der Waals surface area contributed by atoms with Crippen LogP contribution in [0.15, 0.2) is 34.7 Å². The highest BCUT2D eigenvalue weighted by molar-refractivity contribution is 6.31. The summed E-state index contributed by atoms with van der Waals surface area (Å²) in [4.78, 5) is 0. The minimum atomic E-state index is -0.0443. The quantitative estimate of drug-likeness (QED) is 0.900. The molecule has 0 radical (unpaired) electrons. The second-order valence-corrected chi connectivity index (χ2v) is 4.73. The van der Waals surface area contributed by atoms with Gasteiger partial charge >= 0.3 is 0 Å². The van der Waals surface area contributed by atoms with Crippen molar-refractivity contribution in [2.45, 2.75) is 19.9 Å². The third-order valence-corrected chi connectivity index (χ3v) is 3.30. The molecule has 1 atom stereocenters. The number of benzene rings is 1. The molecule has 1 aromatic carbocycles. The predicted molar refractivity (Wildman–Crippen MR) is 77.0 cm³/mol. The highest BCUT2D eigenvalue weighted by Gasteiger charge is 2.19. The van der Waals surface area contributed by atoms with Gasteiger partial charge in [0.25, 0.3) is 0 Å². The van der Waals surface area contributed by atoms with E-state index in [2.05, 4.69) is 12.2 Å². The lowest BCUT2D eigenvalue weighted by Gasteiger charge is -2.18. The first-order valence-electron chi connectivity index (χ1n) is 6.29. The lowest BCUT2D eigenvalue weighted by molar-refractivity contribution is 0.413. The molecule has 2 aromatic rings. The van der Waals surface area contributed by atoms with E-state index >= 15 is 0 Å². The Kier molecular flexibility index (Phi) is 4.51. The molecule has 1 unspecified atom stereocenters. The number of halogens is 1. The fraction of sp³-hybridized carbons (Fsp3) is 0.333. The molecule has 0 spiro atoms. The van der Waals surface area contributed by atoms with Gasteiger partial charge in [-0.05, 0) is 43.3 Å². The largest absolute Gasteiger partial charge is 0.497 e. The molecule has 0 saturated heterocycles. The molecule has 2 rings (SSSR count). The normalized spacial score (nSPS) is 12.4. The minimum absolute atomic E-state index is 0.0443. The van der Waals surface area contributed by atoms with E-state index in [0.717, 1.165) is 29.4 Å². The van der Waals surface area contributed by atoms with Crippen molar-refractivity contribution < 1.29 is 9.15 Å². The van der Waals surface area contributed by atoms with Crippen LogP contribution in [0.1, 0.15) is 30.0 Å². The van der Waals surface area contributed by atoms with E-state index in [1.165, 1.54) is 0 Å². The Hall–Kier alpha value is -1.45. The van der Waals surface area contributed by atoms with Gasteiger partial charge in [-0.2, -0.15) is 0 Å². The second-order valence-electron chi connectivity index (χ2n) is 4.33. The topological polar surface area (TPSA) is 34.4 Å². The van der Waals surface area contributed by atoms with E-state index in [1.807, 2.05) is 37.3 Å². The minimum Gasteiger partial charge on any atom is -0.497 e. The third-order valence-electron chi connectivity index (χ3n) is 2.97. The van der Waals surface area contributed by atoms with Crippen LogP contribution >= 0.6 is 11.6 Å². The van der Waals surface area contributed by atoms with Crippen molar-refractivity contribution in [1.82, 2.24) is 5.32 Å². The molecule has 3 nitrogen and oxygen atoms in total. The predicted octanol–water partition coefficient (Wildman–Crippen LogP) is 3.95. The first-order chi connectivity index (χ1) is 9.15. The zero-order valence-electron chi connectivity index (χ0n) is 11.4. The summed E-state index contributed by atoms with van der Waals surface area (Å²) in [6, 6.07) is 9.57. The third kappa shape index (κ3) is 3.11. The molecular formula is C15H18ClNO2. The van der Waals surface area contributed by atoms with Gasteiger partial charge in [-0.15, -0.1) is 0 Å². The molecule has 0 aliphatic carbocycles. The molecule has 0 amide bonds. The van der Waals surface area contributed by atoms with Crippen molar-refractivity contribution in [1.29, 1.82) is 0 Å². The van der Waals surface area contributed by atoms with E-state index in [9.17, 15) is 0 Å². The molecule has 1 heterocycles. The lowest BCUT2D eigenvalue weighted by Crippen LogP contribution is -2.21. The first-order valence-corrected chi connectivity index (χ1v) is 6.66. The van der Waals surface area contributed by atoms with Gasteiger partial charge < -0.3 is 14.5 Å². The van der Waals surface area contributed by atoms with Gasteiger partial charge in [0, 0.05) is 5.02 Å². The Labute approximate surface area is 118 Å². The van der Waals surface area contributed by atoms with Gasteiger partial charge in [0.05, 0.1) is 13.2 Å². The van der Waals surface area contributed by atoms with E-state index in [4.69, 9.17) is 20.8 Å². The van der Waals surface area contributed by atoms with Gasteiger partial charge in [0.15, 0.2) is 0 Å². The number of methoxy groups -OCH3 is 1. The lowest BCUT2D eigenvalue weighted by atomic mass is 10.0. The van der Waals surface area contributed by atoms with Gasteiger partial charge in [-0.3, -0.25) is 0 Å². The van der Waals surface area contributed by atoms with Crippen LogP contribution in [0.2, 0.25) is 5.02 Å². The van der Waals surface area contributed by atoms with Crippen LogP contribution in [0.5, 0.6) is 5.75 Å². The molecule has 1 N–H and O–H groups in total. The summed E-state index contributed by atoms with van der Waals surface area (Å²) in [6.45, 7) is 4.81. The number of nitrogens with one attached hydrogen (secondary N) is 1. The maximum Gasteiger partial charge on any atom is 0.125 e. The van der Waals surface area contributed by atoms with Gasteiger partial charge in [-0.1, -0.05) is 24.6 Å². The molecular weight excluding hydrogens is 262 g/mol. The van der Waals surface area contributed by atoms with Gasteiger partial charge in [0.2, 0.25) is 0 Å². The summed E-state index contributed by atoms with van der Waals surface area (Å²) >= 11 is 6.33. The fourth-order valence-electron chi connectivity index (χ4n) is 2.05. The Morgan fingerprint density at radius 2 is 2.11 bits per heavy atom. The fourth-order valence-corrected chi connectivity index (χ4v) is 2.33. The average molecular weight is 280 g/mol. The van der Waals surface area contributed by atoms with Crippen molar-refractivity contribution in [3.8, 4) is 5.75 Å². The zero-order chi connectivity index (χ0) is 13.8. The molecule has 0 aliphatic heterocycles. The average Bonchev–Trinajstić information content (AvgIpc) is 2.83. The maximum atomic E-state index is 6.33. The molecule has 102 valence electrons. The number of rotatable bonds is 5. The Morgan fingerprint density at radius 3 is 2.63 bits per heavy atom. The molecule has 0 fully saturated rings. The Bertz CT molecular complexity index is 551. The highest BCUT2D eigenvalue weighted by Crippen LogP contribution is 2.31. The van der Waals surface area contributed by atoms with E-state index in [1.54, 1.807) is 7.11 Å². The summed E-state index contributed by atoms with van der Waals surface area (Å²) < 4.78 is 10.9. The summed E-state index contributed by atoms with van der Waals surface area (Å²) in [6.07, 6.45) is 0. The Balaban J connectivity index is 2.39. The summed E-state index contributed by atoms with van der Waals surface area (Å²) in [5.41, 5.74) is 0.985. The number of furan rings is 1. The van der Waals surface area contributed by atoms with Crippen molar-refractivity contribution >= 4 is 11.6 Å². The number of ether oxygens (including phenoxy) is 1. The highest BCUT2D eigenvalue weighted by atomic mass is 35.5. The summed E-state index contributed by atoms with van der Waals surface area (Å²) in [5.74, 6) is 2.51. The van der Waals surface area contributed by atoms with E-state index < -0.39 is 0 Å². The maximum absolute atomic E-state index is 6.33. The number of hydrogen-bond acceptors (Lipinski definition) is 3. The van der Waals surface area contributed by atoms with Gasteiger partial charge in [-0.25, -0.2) is 0 Å². The standard InChI is InChI=1S/C15H18ClNO2/c1-4-17-15(14-8-5-10(2)19-14)12-7-6-11(18-3)9-13(12)16/h5-9,15,17H,4H2,1-3H3.